The van der Waals surface area contributed by atoms with Crippen molar-refractivity contribution in [1.82, 2.24) is 5.32 Å². The SMILES string of the molecule is COC(=O)c1ccc(/C=C/C(=O)OCC(=O)N[C@H](C)c2ccc(C)c(C)c2)cc1. The number of esters is 2. The Morgan fingerprint density at radius 2 is 1.72 bits per heavy atom. The second kappa shape index (κ2) is 10.2. The van der Waals surface area contributed by atoms with Crippen molar-refractivity contribution >= 4 is 23.9 Å². The van der Waals surface area contributed by atoms with Crippen LogP contribution in [0.2, 0.25) is 0 Å². The molecular weight excluding hydrogens is 370 g/mol. The summed E-state index contributed by atoms with van der Waals surface area (Å²) in [4.78, 5) is 35.2. The third kappa shape index (κ3) is 6.60. The molecule has 1 amide bonds. The average Bonchev–Trinajstić information content (AvgIpc) is 2.72. The Bertz CT molecular complexity index is 915. The first-order valence-electron chi connectivity index (χ1n) is 9.20. The van der Waals surface area contributed by atoms with Crippen molar-refractivity contribution in [1.29, 1.82) is 0 Å². The van der Waals surface area contributed by atoms with Gasteiger partial charge in [-0.2, -0.15) is 0 Å². The van der Waals surface area contributed by atoms with Crippen LogP contribution in [-0.4, -0.2) is 31.6 Å². The molecule has 1 N–H and O–H groups in total. The van der Waals surface area contributed by atoms with Gasteiger partial charge in [-0.25, -0.2) is 9.59 Å². The zero-order chi connectivity index (χ0) is 21.4. The molecule has 0 saturated heterocycles. The lowest BCUT2D eigenvalue weighted by atomic mass is 10.0. The summed E-state index contributed by atoms with van der Waals surface area (Å²) in [6, 6.07) is 12.4. The first-order chi connectivity index (χ1) is 13.8. The van der Waals surface area contributed by atoms with E-state index in [1.807, 2.05) is 39.0 Å². The van der Waals surface area contributed by atoms with Crippen molar-refractivity contribution in [2.24, 2.45) is 0 Å². The molecule has 0 bridgehead atoms. The first kappa shape index (κ1) is 21.9. The molecule has 6 nitrogen and oxygen atoms in total. The Morgan fingerprint density at radius 3 is 2.34 bits per heavy atom. The molecule has 0 aromatic heterocycles. The van der Waals surface area contributed by atoms with Crippen molar-refractivity contribution in [2.45, 2.75) is 26.8 Å². The molecule has 2 aromatic rings. The standard InChI is InChI=1S/C23H25NO5/c1-15-5-9-20(13-16(15)2)17(3)24-21(25)14-29-22(26)12-8-18-6-10-19(11-7-18)23(27)28-4/h5-13,17H,14H2,1-4H3,(H,24,25)/b12-8+/t17-/m1/s1. The van der Waals surface area contributed by atoms with E-state index in [2.05, 4.69) is 10.1 Å². The van der Waals surface area contributed by atoms with Gasteiger partial charge in [-0.05, 0) is 61.2 Å². The van der Waals surface area contributed by atoms with Gasteiger partial charge < -0.3 is 14.8 Å². The topological polar surface area (TPSA) is 81.7 Å². The Morgan fingerprint density at radius 1 is 1.03 bits per heavy atom. The molecule has 0 fully saturated rings. The summed E-state index contributed by atoms with van der Waals surface area (Å²) < 4.78 is 9.60. The summed E-state index contributed by atoms with van der Waals surface area (Å²) in [6.07, 6.45) is 2.77. The van der Waals surface area contributed by atoms with Gasteiger partial charge >= 0.3 is 11.9 Å². The fraction of sp³-hybridized carbons (Fsp3) is 0.261. The number of carbonyl (C=O) groups is 3. The van der Waals surface area contributed by atoms with E-state index < -0.39 is 11.9 Å². The van der Waals surface area contributed by atoms with Crippen LogP contribution in [0.15, 0.2) is 48.5 Å². The van der Waals surface area contributed by atoms with Crippen molar-refractivity contribution < 1.29 is 23.9 Å². The van der Waals surface area contributed by atoms with Gasteiger partial charge in [0.1, 0.15) is 0 Å². The van der Waals surface area contributed by atoms with Crippen molar-refractivity contribution in [2.75, 3.05) is 13.7 Å². The quantitative estimate of drug-likeness (QED) is 0.573. The molecule has 0 aliphatic carbocycles. The van der Waals surface area contributed by atoms with Gasteiger partial charge in [-0.1, -0.05) is 30.3 Å². The Labute approximate surface area is 170 Å². The van der Waals surface area contributed by atoms with Crippen molar-refractivity contribution in [3.05, 3.63) is 76.4 Å². The van der Waals surface area contributed by atoms with E-state index in [0.717, 1.165) is 11.1 Å². The molecule has 0 aliphatic rings. The number of methoxy groups -OCH3 is 1. The molecule has 29 heavy (non-hydrogen) atoms. The zero-order valence-corrected chi connectivity index (χ0v) is 17.0. The molecule has 0 unspecified atom stereocenters. The number of rotatable bonds is 7. The molecule has 2 rings (SSSR count). The fourth-order valence-electron chi connectivity index (χ4n) is 2.60. The minimum atomic E-state index is -0.629. The third-order valence-electron chi connectivity index (χ3n) is 4.50. The van der Waals surface area contributed by atoms with Crippen LogP contribution in [-0.2, 0) is 19.1 Å². The zero-order valence-electron chi connectivity index (χ0n) is 17.0. The fourth-order valence-corrected chi connectivity index (χ4v) is 2.60. The number of hydrogen-bond donors (Lipinski definition) is 1. The lowest BCUT2D eigenvalue weighted by Gasteiger charge is -2.15. The van der Waals surface area contributed by atoms with Crippen LogP contribution in [0.5, 0.6) is 0 Å². The monoisotopic (exact) mass is 395 g/mol. The minimum absolute atomic E-state index is 0.190. The van der Waals surface area contributed by atoms with Gasteiger partial charge in [0.15, 0.2) is 6.61 Å². The second-order valence-electron chi connectivity index (χ2n) is 6.69. The Hall–Kier alpha value is -3.41. The van der Waals surface area contributed by atoms with Gasteiger partial charge in [0.2, 0.25) is 0 Å². The number of amides is 1. The summed E-state index contributed by atoms with van der Waals surface area (Å²) in [5, 5.41) is 2.81. The minimum Gasteiger partial charge on any atom is -0.465 e. The van der Waals surface area contributed by atoms with E-state index in [-0.39, 0.29) is 18.6 Å². The Balaban J connectivity index is 1.81. The van der Waals surface area contributed by atoms with Crippen LogP contribution in [0.1, 0.15) is 45.6 Å². The molecule has 0 saturated carbocycles. The highest BCUT2D eigenvalue weighted by Gasteiger charge is 2.12. The highest BCUT2D eigenvalue weighted by Crippen LogP contribution is 2.16. The highest BCUT2D eigenvalue weighted by atomic mass is 16.5. The molecule has 0 heterocycles. The number of ether oxygens (including phenoxy) is 2. The lowest BCUT2D eigenvalue weighted by Crippen LogP contribution is -2.31. The van der Waals surface area contributed by atoms with E-state index in [1.54, 1.807) is 30.3 Å². The third-order valence-corrected chi connectivity index (χ3v) is 4.50. The molecule has 0 radical (unpaired) electrons. The number of carbonyl (C=O) groups excluding carboxylic acids is 3. The van der Waals surface area contributed by atoms with Crippen LogP contribution in [0.3, 0.4) is 0 Å². The van der Waals surface area contributed by atoms with Gasteiger partial charge in [0.05, 0.1) is 18.7 Å². The van der Waals surface area contributed by atoms with E-state index in [1.165, 1.54) is 18.7 Å². The van der Waals surface area contributed by atoms with Gasteiger partial charge in [-0.15, -0.1) is 0 Å². The van der Waals surface area contributed by atoms with E-state index >= 15 is 0 Å². The lowest BCUT2D eigenvalue weighted by molar-refractivity contribution is -0.144. The first-order valence-corrected chi connectivity index (χ1v) is 9.20. The maximum Gasteiger partial charge on any atom is 0.337 e. The molecule has 0 spiro atoms. The van der Waals surface area contributed by atoms with E-state index in [0.29, 0.717) is 11.1 Å². The number of hydrogen-bond acceptors (Lipinski definition) is 5. The number of benzene rings is 2. The maximum absolute atomic E-state index is 12.0. The summed E-state index contributed by atoms with van der Waals surface area (Å²) in [5.41, 5.74) is 4.46. The van der Waals surface area contributed by atoms with Gasteiger partial charge in [0.25, 0.3) is 5.91 Å². The smallest absolute Gasteiger partial charge is 0.337 e. The van der Waals surface area contributed by atoms with E-state index in [9.17, 15) is 14.4 Å². The normalized spacial score (nSPS) is 11.7. The summed E-state index contributed by atoms with van der Waals surface area (Å²) in [6.45, 7) is 5.56. The number of aryl methyl sites for hydroxylation is 2. The van der Waals surface area contributed by atoms with Crippen LogP contribution >= 0.6 is 0 Å². The van der Waals surface area contributed by atoms with Crippen LogP contribution < -0.4 is 5.32 Å². The van der Waals surface area contributed by atoms with Gasteiger partial charge in [-0.3, -0.25) is 4.79 Å². The predicted molar refractivity (Wildman–Crippen MR) is 110 cm³/mol. The Kier molecular flexibility index (Phi) is 7.71. The molecule has 152 valence electrons. The highest BCUT2D eigenvalue weighted by molar-refractivity contribution is 5.91. The number of nitrogens with one attached hydrogen (secondary N) is 1. The van der Waals surface area contributed by atoms with Gasteiger partial charge in [0, 0.05) is 6.08 Å². The summed E-state index contributed by atoms with van der Waals surface area (Å²) in [7, 11) is 1.31. The summed E-state index contributed by atoms with van der Waals surface area (Å²) >= 11 is 0. The largest absolute Gasteiger partial charge is 0.465 e. The predicted octanol–water partition coefficient (Wildman–Crippen LogP) is 3.52. The molecular formula is C23H25NO5. The molecule has 2 aromatic carbocycles. The second-order valence-corrected chi connectivity index (χ2v) is 6.69. The average molecular weight is 395 g/mol. The van der Waals surface area contributed by atoms with E-state index in [4.69, 9.17) is 4.74 Å². The van der Waals surface area contributed by atoms with Crippen LogP contribution in [0.4, 0.5) is 0 Å². The van der Waals surface area contributed by atoms with Crippen LogP contribution in [0, 0.1) is 13.8 Å². The maximum atomic E-state index is 12.0. The van der Waals surface area contributed by atoms with Crippen molar-refractivity contribution in [3.63, 3.8) is 0 Å². The van der Waals surface area contributed by atoms with Crippen molar-refractivity contribution in [3.8, 4) is 0 Å². The molecule has 0 aliphatic heterocycles. The van der Waals surface area contributed by atoms with Crippen LogP contribution in [0.25, 0.3) is 6.08 Å². The summed E-state index contributed by atoms with van der Waals surface area (Å²) in [5.74, 6) is -1.43. The molecule has 1 atom stereocenters. The molecule has 6 heteroatoms.